The van der Waals surface area contributed by atoms with E-state index in [0.29, 0.717) is 5.39 Å². The molecule has 5 heteroatoms. The minimum absolute atomic E-state index is 0.187. The minimum Gasteiger partial charge on any atom is -0.340 e. The molecule has 0 N–H and O–H groups in total. The molecule has 1 aliphatic rings. The maximum Gasteiger partial charge on any atom is 0.133 e. The summed E-state index contributed by atoms with van der Waals surface area (Å²) in [6.07, 6.45) is 5.16. The summed E-state index contributed by atoms with van der Waals surface area (Å²) in [4.78, 5) is 13.1. The van der Waals surface area contributed by atoms with Crippen molar-refractivity contribution in [3.8, 4) is 11.3 Å². The summed E-state index contributed by atoms with van der Waals surface area (Å²) in [6, 6.07) is 17.7. The van der Waals surface area contributed by atoms with Gasteiger partial charge >= 0.3 is 0 Å². The lowest BCUT2D eigenvalue weighted by atomic mass is 10.0. The summed E-state index contributed by atoms with van der Waals surface area (Å²) in [5, 5.41) is 1.57. The molecule has 0 bridgehead atoms. The van der Waals surface area contributed by atoms with Gasteiger partial charge in [0.15, 0.2) is 0 Å². The van der Waals surface area contributed by atoms with E-state index < -0.39 is 0 Å². The Bertz CT molecular complexity index is 1180. The molecule has 0 fully saturated rings. The molecule has 1 aromatic heterocycles. The van der Waals surface area contributed by atoms with E-state index >= 15 is 0 Å². The maximum absolute atomic E-state index is 14.8. The van der Waals surface area contributed by atoms with Crippen LogP contribution in [0.5, 0.6) is 0 Å². The predicted octanol–water partition coefficient (Wildman–Crippen LogP) is 5.02. The largest absolute Gasteiger partial charge is 0.340 e. The zero-order valence-electron chi connectivity index (χ0n) is 16.2. The lowest BCUT2D eigenvalue weighted by Gasteiger charge is -2.26. The van der Waals surface area contributed by atoms with Gasteiger partial charge in [0.2, 0.25) is 0 Å². The molecule has 0 amide bonds. The number of anilines is 2. The molecule has 3 aromatic carbocycles. The van der Waals surface area contributed by atoms with Crippen molar-refractivity contribution in [2.24, 2.45) is 0 Å². The van der Waals surface area contributed by atoms with Crippen molar-refractivity contribution >= 4 is 22.1 Å². The first-order valence-corrected chi connectivity index (χ1v) is 9.73. The zero-order valence-corrected chi connectivity index (χ0v) is 16.2. The van der Waals surface area contributed by atoms with Crippen molar-refractivity contribution < 1.29 is 4.39 Å². The SMILES string of the molecule is CN1CCN(c2cc(F)c3ccccc3c2)c2ccc(-c3cnccn3)cc2C1. The van der Waals surface area contributed by atoms with Crippen molar-refractivity contribution in [1.29, 1.82) is 0 Å². The molecule has 0 unspecified atom stereocenters. The summed E-state index contributed by atoms with van der Waals surface area (Å²) < 4.78 is 14.8. The van der Waals surface area contributed by atoms with Crippen LogP contribution in [-0.2, 0) is 6.54 Å². The minimum atomic E-state index is -0.187. The fourth-order valence-electron chi connectivity index (χ4n) is 4.02. The molecule has 0 atom stereocenters. The smallest absolute Gasteiger partial charge is 0.133 e. The van der Waals surface area contributed by atoms with Gasteiger partial charge in [-0.25, -0.2) is 4.39 Å². The molecule has 1 aliphatic heterocycles. The van der Waals surface area contributed by atoms with Crippen LogP contribution in [0.15, 0.2) is 73.2 Å². The number of hydrogen-bond donors (Lipinski definition) is 0. The number of rotatable bonds is 2. The van der Waals surface area contributed by atoms with Crippen LogP contribution in [0.1, 0.15) is 5.56 Å². The van der Waals surface area contributed by atoms with Crippen molar-refractivity contribution in [3.05, 3.63) is 84.6 Å². The highest BCUT2D eigenvalue weighted by atomic mass is 19.1. The Kier molecular flexibility index (Phi) is 4.45. The van der Waals surface area contributed by atoms with E-state index in [-0.39, 0.29) is 5.82 Å². The van der Waals surface area contributed by atoms with Crippen LogP contribution in [0.4, 0.5) is 15.8 Å². The van der Waals surface area contributed by atoms with Crippen LogP contribution in [0.3, 0.4) is 0 Å². The lowest BCUT2D eigenvalue weighted by molar-refractivity contribution is 0.343. The Morgan fingerprint density at radius 3 is 2.72 bits per heavy atom. The summed E-state index contributed by atoms with van der Waals surface area (Å²) in [7, 11) is 2.11. The second kappa shape index (κ2) is 7.26. The van der Waals surface area contributed by atoms with Gasteiger partial charge < -0.3 is 9.80 Å². The second-order valence-electron chi connectivity index (χ2n) is 7.47. The average Bonchev–Trinajstić information content (AvgIpc) is 2.92. The van der Waals surface area contributed by atoms with Crippen LogP contribution in [0, 0.1) is 5.82 Å². The first-order valence-electron chi connectivity index (χ1n) is 9.73. The Balaban J connectivity index is 1.63. The maximum atomic E-state index is 14.8. The van der Waals surface area contributed by atoms with E-state index in [1.54, 1.807) is 24.7 Å². The van der Waals surface area contributed by atoms with Crippen molar-refractivity contribution in [1.82, 2.24) is 14.9 Å². The molecule has 4 aromatic rings. The third kappa shape index (κ3) is 3.34. The number of halogens is 1. The highest BCUT2D eigenvalue weighted by molar-refractivity contribution is 5.88. The van der Waals surface area contributed by atoms with E-state index in [0.717, 1.165) is 47.7 Å². The summed E-state index contributed by atoms with van der Waals surface area (Å²) in [6.45, 7) is 2.52. The molecule has 0 radical (unpaired) electrons. The molecule has 29 heavy (non-hydrogen) atoms. The summed E-state index contributed by atoms with van der Waals surface area (Å²) in [5.41, 5.74) is 5.07. The first-order chi connectivity index (χ1) is 14.2. The highest BCUT2D eigenvalue weighted by Gasteiger charge is 2.21. The van der Waals surface area contributed by atoms with Crippen LogP contribution >= 0.6 is 0 Å². The molecule has 0 spiro atoms. The molecule has 0 saturated heterocycles. The van der Waals surface area contributed by atoms with Gasteiger partial charge in [-0.1, -0.05) is 30.3 Å². The van der Waals surface area contributed by atoms with Gasteiger partial charge in [-0.05, 0) is 42.3 Å². The van der Waals surface area contributed by atoms with E-state index in [1.165, 1.54) is 5.56 Å². The number of likely N-dealkylation sites (N-methyl/N-ethyl adjacent to an activating group) is 1. The Hall–Kier alpha value is -3.31. The normalized spacial score (nSPS) is 14.6. The number of benzene rings is 3. The molecular weight excluding hydrogens is 363 g/mol. The number of hydrogen-bond acceptors (Lipinski definition) is 4. The quantitative estimate of drug-likeness (QED) is 0.486. The van der Waals surface area contributed by atoms with E-state index in [4.69, 9.17) is 0 Å². The van der Waals surface area contributed by atoms with Gasteiger partial charge in [0.25, 0.3) is 0 Å². The van der Waals surface area contributed by atoms with E-state index in [2.05, 4.69) is 51.1 Å². The lowest BCUT2D eigenvalue weighted by Crippen LogP contribution is -2.26. The zero-order chi connectivity index (χ0) is 19.8. The van der Waals surface area contributed by atoms with E-state index in [1.807, 2.05) is 24.3 Å². The van der Waals surface area contributed by atoms with Crippen molar-refractivity contribution in [3.63, 3.8) is 0 Å². The third-order valence-electron chi connectivity index (χ3n) is 5.48. The van der Waals surface area contributed by atoms with Gasteiger partial charge in [0.1, 0.15) is 5.82 Å². The highest BCUT2D eigenvalue weighted by Crippen LogP contribution is 2.36. The molecule has 0 saturated carbocycles. The Labute approximate surface area is 169 Å². The van der Waals surface area contributed by atoms with E-state index in [9.17, 15) is 4.39 Å². The van der Waals surface area contributed by atoms with Crippen molar-refractivity contribution in [2.45, 2.75) is 6.54 Å². The Morgan fingerprint density at radius 2 is 1.86 bits per heavy atom. The monoisotopic (exact) mass is 384 g/mol. The first kappa shape index (κ1) is 17.8. The molecular formula is C24H21FN4. The fourth-order valence-corrected chi connectivity index (χ4v) is 4.02. The standard InChI is InChI=1S/C24H21FN4/c1-28-10-11-29(20-13-17-4-2-3-5-21(17)22(25)14-20)24-7-6-18(12-19(24)16-28)23-15-26-8-9-27-23/h2-9,12-15H,10-11,16H2,1H3. The summed E-state index contributed by atoms with van der Waals surface area (Å²) >= 11 is 0. The van der Waals surface area contributed by atoms with Gasteiger partial charge in [0.05, 0.1) is 11.9 Å². The van der Waals surface area contributed by atoms with Crippen LogP contribution < -0.4 is 4.90 Å². The average molecular weight is 384 g/mol. The number of fused-ring (bicyclic) bond motifs is 2. The van der Waals surface area contributed by atoms with Gasteiger partial charge in [-0.15, -0.1) is 0 Å². The molecule has 5 rings (SSSR count). The van der Waals surface area contributed by atoms with Gasteiger partial charge in [-0.3, -0.25) is 9.97 Å². The van der Waals surface area contributed by atoms with Gasteiger partial charge in [-0.2, -0.15) is 0 Å². The van der Waals surface area contributed by atoms with Crippen LogP contribution in [0.25, 0.3) is 22.0 Å². The molecule has 0 aliphatic carbocycles. The third-order valence-corrected chi connectivity index (χ3v) is 5.48. The molecule has 4 nitrogen and oxygen atoms in total. The predicted molar refractivity (Wildman–Crippen MR) is 115 cm³/mol. The Morgan fingerprint density at radius 1 is 0.966 bits per heavy atom. The molecule has 144 valence electrons. The topological polar surface area (TPSA) is 32.3 Å². The van der Waals surface area contributed by atoms with Crippen molar-refractivity contribution in [2.75, 3.05) is 25.0 Å². The second-order valence-corrected chi connectivity index (χ2v) is 7.47. The molecule has 2 heterocycles. The van der Waals surface area contributed by atoms with Crippen LogP contribution in [0.2, 0.25) is 0 Å². The number of nitrogens with zero attached hydrogens (tertiary/aromatic N) is 4. The summed E-state index contributed by atoms with van der Waals surface area (Å²) in [5.74, 6) is -0.187. The fraction of sp³-hybridized carbons (Fsp3) is 0.167. The number of aromatic nitrogens is 2. The van der Waals surface area contributed by atoms with Crippen LogP contribution in [-0.4, -0.2) is 35.0 Å². The van der Waals surface area contributed by atoms with Gasteiger partial charge in [0, 0.05) is 54.4 Å².